The van der Waals surface area contributed by atoms with Gasteiger partial charge in [-0.05, 0) is 16.3 Å². The van der Waals surface area contributed by atoms with Crippen molar-refractivity contribution in [2.45, 2.75) is 0 Å². The van der Waals surface area contributed by atoms with E-state index in [4.69, 9.17) is 0 Å². The Hall–Kier alpha value is -2.49. The normalized spacial score (nSPS) is 10.4. The summed E-state index contributed by atoms with van der Waals surface area (Å²) in [4.78, 5) is 0. The SMILES string of the molecule is c1ccc(-c2ccc(-c3nn[nH]n3)cc2)cc1. The molecule has 0 saturated carbocycles. The van der Waals surface area contributed by atoms with Gasteiger partial charge in [0.15, 0.2) is 0 Å². The molecule has 0 aliphatic carbocycles. The highest BCUT2D eigenvalue weighted by Gasteiger charge is 2.02. The fourth-order valence-corrected chi connectivity index (χ4v) is 1.73. The van der Waals surface area contributed by atoms with Crippen LogP contribution in [0.4, 0.5) is 0 Å². The summed E-state index contributed by atoms with van der Waals surface area (Å²) in [6, 6.07) is 18.3. The van der Waals surface area contributed by atoms with Crippen LogP contribution in [0.25, 0.3) is 22.5 Å². The van der Waals surface area contributed by atoms with E-state index in [9.17, 15) is 0 Å². The molecular formula is C13H10N4. The molecule has 82 valence electrons. The Morgan fingerprint density at radius 3 is 2.00 bits per heavy atom. The Morgan fingerprint density at radius 2 is 1.35 bits per heavy atom. The summed E-state index contributed by atoms with van der Waals surface area (Å²) in [5, 5.41) is 13.9. The third-order valence-electron chi connectivity index (χ3n) is 2.60. The standard InChI is InChI=1S/C13H10N4/c1-2-4-10(5-3-1)11-6-8-12(9-7-11)13-14-16-17-15-13/h1-9H,(H,14,15,16,17). The quantitative estimate of drug-likeness (QED) is 0.724. The van der Waals surface area contributed by atoms with Crippen molar-refractivity contribution in [3.8, 4) is 22.5 Å². The van der Waals surface area contributed by atoms with E-state index in [1.54, 1.807) is 0 Å². The van der Waals surface area contributed by atoms with E-state index in [0.29, 0.717) is 5.82 Å². The Kier molecular flexibility index (Phi) is 2.38. The molecule has 1 N–H and O–H groups in total. The first-order chi connectivity index (χ1) is 8.43. The minimum atomic E-state index is 0.615. The second kappa shape index (κ2) is 4.17. The average Bonchev–Trinajstić information content (AvgIpc) is 2.94. The highest BCUT2D eigenvalue weighted by molar-refractivity contribution is 5.67. The molecule has 1 aromatic heterocycles. The number of aromatic amines is 1. The van der Waals surface area contributed by atoms with Gasteiger partial charge in [0.25, 0.3) is 0 Å². The lowest BCUT2D eigenvalue weighted by molar-refractivity contribution is 0.881. The summed E-state index contributed by atoms with van der Waals surface area (Å²) >= 11 is 0. The predicted molar refractivity (Wildman–Crippen MR) is 65.0 cm³/mol. The van der Waals surface area contributed by atoms with Crippen molar-refractivity contribution in [2.75, 3.05) is 0 Å². The molecule has 0 aliphatic heterocycles. The molecule has 1 heterocycles. The minimum absolute atomic E-state index is 0.615. The van der Waals surface area contributed by atoms with Gasteiger partial charge >= 0.3 is 0 Å². The summed E-state index contributed by atoms with van der Waals surface area (Å²) in [6.45, 7) is 0. The third kappa shape index (κ3) is 1.92. The topological polar surface area (TPSA) is 54.5 Å². The molecule has 0 spiro atoms. The second-order valence-corrected chi connectivity index (χ2v) is 3.68. The first-order valence-corrected chi connectivity index (χ1v) is 5.33. The van der Waals surface area contributed by atoms with Gasteiger partial charge in [-0.25, -0.2) is 0 Å². The number of nitrogens with one attached hydrogen (secondary N) is 1. The van der Waals surface area contributed by atoms with Gasteiger partial charge in [0.05, 0.1) is 0 Å². The monoisotopic (exact) mass is 222 g/mol. The van der Waals surface area contributed by atoms with Gasteiger partial charge in [-0.2, -0.15) is 5.21 Å². The number of tetrazole rings is 1. The molecule has 0 fully saturated rings. The van der Waals surface area contributed by atoms with E-state index in [0.717, 1.165) is 5.56 Å². The number of H-pyrrole nitrogens is 1. The first kappa shape index (κ1) is 9.72. The van der Waals surface area contributed by atoms with Gasteiger partial charge in [0.2, 0.25) is 5.82 Å². The zero-order chi connectivity index (χ0) is 11.5. The van der Waals surface area contributed by atoms with Crippen molar-refractivity contribution in [1.29, 1.82) is 0 Å². The second-order valence-electron chi connectivity index (χ2n) is 3.68. The van der Waals surface area contributed by atoms with Crippen LogP contribution in [0.3, 0.4) is 0 Å². The van der Waals surface area contributed by atoms with Crippen LogP contribution in [0.5, 0.6) is 0 Å². The van der Waals surface area contributed by atoms with E-state index in [2.05, 4.69) is 44.9 Å². The minimum Gasteiger partial charge on any atom is -0.177 e. The number of rotatable bonds is 2. The zero-order valence-corrected chi connectivity index (χ0v) is 9.04. The van der Waals surface area contributed by atoms with Crippen molar-refractivity contribution in [1.82, 2.24) is 20.6 Å². The molecule has 0 amide bonds. The van der Waals surface area contributed by atoms with Gasteiger partial charge < -0.3 is 0 Å². The van der Waals surface area contributed by atoms with E-state index < -0.39 is 0 Å². The van der Waals surface area contributed by atoms with E-state index >= 15 is 0 Å². The van der Waals surface area contributed by atoms with Gasteiger partial charge in [-0.3, -0.25) is 0 Å². The van der Waals surface area contributed by atoms with Gasteiger partial charge in [-0.15, -0.1) is 10.2 Å². The Morgan fingerprint density at radius 1 is 0.706 bits per heavy atom. The highest BCUT2D eigenvalue weighted by Crippen LogP contribution is 2.22. The molecule has 2 aromatic carbocycles. The molecule has 0 atom stereocenters. The molecule has 3 aromatic rings. The maximum atomic E-state index is 3.94. The van der Waals surface area contributed by atoms with Crippen LogP contribution >= 0.6 is 0 Å². The van der Waals surface area contributed by atoms with Crippen molar-refractivity contribution in [3.63, 3.8) is 0 Å². The van der Waals surface area contributed by atoms with Crippen molar-refractivity contribution in [3.05, 3.63) is 54.6 Å². The Labute approximate surface area is 98.3 Å². The van der Waals surface area contributed by atoms with Crippen LogP contribution in [-0.2, 0) is 0 Å². The fourth-order valence-electron chi connectivity index (χ4n) is 1.73. The largest absolute Gasteiger partial charge is 0.204 e. The maximum Gasteiger partial charge on any atom is 0.204 e. The van der Waals surface area contributed by atoms with Crippen LogP contribution < -0.4 is 0 Å². The van der Waals surface area contributed by atoms with E-state index in [1.165, 1.54) is 11.1 Å². The first-order valence-electron chi connectivity index (χ1n) is 5.33. The number of nitrogens with zero attached hydrogens (tertiary/aromatic N) is 3. The van der Waals surface area contributed by atoms with E-state index in [-0.39, 0.29) is 0 Å². The highest BCUT2D eigenvalue weighted by atomic mass is 15.5. The van der Waals surface area contributed by atoms with Crippen molar-refractivity contribution < 1.29 is 0 Å². The average molecular weight is 222 g/mol. The summed E-state index contributed by atoms with van der Waals surface area (Å²) in [7, 11) is 0. The molecule has 4 heteroatoms. The predicted octanol–water partition coefficient (Wildman–Crippen LogP) is 2.53. The molecular weight excluding hydrogens is 212 g/mol. The number of aromatic nitrogens is 4. The molecule has 0 radical (unpaired) electrons. The summed E-state index contributed by atoms with van der Waals surface area (Å²) < 4.78 is 0. The van der Waals surface area contributed by atoms with Crippen molar-refractivity contribution >= 4 is 0 Å². The van der Waals surface area contributed by atoms with Gasteiger partial charge in [0, 0.05) is 5.56 Å². The van der Waals surface area contributed by atoms with Gasteiger partial charge in [0.1, 0.15) is 0 Å². The molecule has 0 bridgehead atoms. The van der Waals surface area contributed by atoms with Crippen LogP contribution in [0.1, 0.15) is 0 Å². The molecule has 17 heavy (non-hydrogen) atoms. The summed E-state index contributed by atoms with van der Waals surface area (Å²) in [5.41, 5.74) is 3.34. The van der Waals surface area contributed by atoms with Crippen LogP contribution in [-0.4, -0.2) is 20.6 Å². The Bertz CT molecular complexity index is 585. The lowest BCUT2D eigenvalue weighted by Gasteiger charge is -2.01. The molecule has 0 saturated heterocycles. The van der Waals surface area contributed by atoms with Crippen molar-refractivity contribution in [2.24, 2.45) is 0 Å². The zero-order valence-electron chi connectivity index (χ0n) is 9.04. The lowest BCUT2D eigenvalue weighted by atomic mass is 10.0. The number of hydrogen-bond acceptors (Lipinski definition) is 3. The third-order valence-corrected chi connectivity index (χ3v) is 2.60. The molecule has 0 unspecified atom stereocenters. The molecule has 3 rings (SSSR count). The lowest BCUT2D eigenvalue weighted by Crippen LogP contribution is -1.82. The summed E-state index contributed by atoms with van der Waals surface area (Å²) in [6.07, 6.45) is 0. The van der Waals surface area contributed by atoms with Crippen LogP contribution in [0, 0.1) is 0 Å². The van der Waals surface area contributed by atoms with Crippen LogP contribution in [0.15, 0.2) is 54.6 Å². The van der Waals surface area contributed by atoms with Gasteiger partial charge in [-0.1, -0.05) is 54.6 Å². The van der Waals surface area contributed by atoms with Crippen LogP contribution in [0.2, 0.25) is 0 Å². The summed E-state index contributed by atoms with van der Waals surface area (Å²) in [5.74, 6) is 0.615. The Balaban J connectivity index is 1.96. The van der Waals surface area contributed by atoms with E-state index in [1.807, 2.05) is 30.3 Å². The maximum absolute atomic E-state index is 3.94. The smallest absolute Gasteiger partial charge is 0.177 e. The number of benzene rings is 2. The fraction of sp³-hybridized carbons (Fsp3) is 0. The molecule has 0 aliphatic rings. The molecule has 4 nitrogen and oxygen atoms in total. The number of hydrogen-bond donors (Lipinski definition) is 1.